The Labute approximate surface area is 126 Å². The van der Waals surface area contributed by atoms with Crippen LogP contribution in [0.3, 0.4) is 0 Å². The van der Waals surface area contributed by atoms with Crippen molar-refractivity contribution in [3.63, 3.8) is 0 Å². The number of amides is 1. The summed E-state index contributed by atoms with van der Waals surface area (Å²) >= 11 is 0. The number of fused-ring (bicyclic) bond motifs is 1. The first-order valence-corrected chi connectivity index (χ1v) is 7.03. The number of carbonyl (C=O) groups excluding carboxylic acids is 1. The molecule has 6 nitrogen and oxygen atoms in total. The molecule has 0 radical (unpaired) electrons. The molecule has 0 aromatic carbocycles. The van der Waals surface area contributed by atoms with Crippen LogP contribution in [0.15, 0.2) is 0 Å². The zero-order chi connectivity index (χ0) is 16.8. The van der Waals surface area contributed by atoms with E-state index in [0.717, 1.165) is 37.8 Å². The molecule has 1 amide bonds. The summed E-state index contributed by atoms with van der Waals surface area (Å²) in [4.78, 5) is 20.7. The Morgan fingerprint density at radius 1 is 1.27 bits per heavy atom. The van der Waals surface area contributed by atoms with Gasteiger partial charge in [-0.05, 0) is 37.8 Å². The van der Waals surface area contributed by atoms with Gasteiger partial charge in [-0.2, -0.15) is 13.2 Å². The molecule has 128 valence electrons. The largest absolute Gasteiger partial charge is 0.490 e. The van der Waals surface area contributed by atoms with E-state index in [9.17, 15) is 18.0 Å². The molecular formula is C13H21F3N2O4. The van der Waals surface area contributed by atoms with Crippen molar-refractivity contribution >= 4 is 11.9 Å². The molecule has 3 atom stereocenters. The van der Waals surface area contributed by atoms with Crippen molar-refractivity contribution < 1.29 is 32.6 Å². The second-order valence-corrected chi connectivity index (χ2v) is 5.43. The van der Waals surface area contributed by atoms with Crippen molar-refractivity contribution in [2.45, 2.75) is 19.0 Å². The van der Waals surface area contributed by atoms with Crippen LogP contribution in [0.1, 0.15) is 12.8 Å². The van der Waals surface area contributed by atoms with Crippen LogP contribution in [0.5, 0.6) is 0 Å². The van der Waals surface area contributed by atoms with Crippen LogP contribution in [0.4, 0.5) is 13.2 Å². The topological polar surface area (TPSA) is 87.7 Å². The maximum absolute atomic E-state index is 11.8. The zero-order valence-corrected chi connectivity index (χ0v) is 12.3. The Morgan fingerprint density at radius 3 is 2.18 bits per heavy atom. The summed E-state index contributed by atoms with van der Waals surface area (Å²) in [5.74, 6) is -0.806. The van der Waals surface area contributed by atoms with Gasteiger partial charge in [0.2, 0.25) is 5.91 Å². The van der Waals surface area contributed by atoms with E-state index in [4.69, 9.17) is 14.6 Å². The van der Waals surface area contributed by atoms with Gasteiger partial charge in [-0.3, -0.25) is 4.79 Å². The minimum atomic E-state index is -5.08. The lowest BCUT2D eigenvalue weighted by molar-refractivity contribution is -0.192. The number of aliphatic carboxylic acids is 1. The summed E-state index contributed by atoms with van der Waals surface area (Å²) in [6.45, 7) is 3.45. The normalized spacial score (nSPS) is 26.8. The van der Waals surface area contributed by atoms with E-state index in [-0.39, 0.29) is 11.8 Å². The van der Waals surface area contributed by atoms with Gasteiger partial charge in [0.05, 0.1) is 6.61 Å². The molecule has 1 saturated carbocycles. The van der Waals surface area contributed by atoms with Crippen molar-refractivity contribution in [3.8, 4) is 0 Å². The third-order valence-electron chi connectivity index (χ3n) is 3.87. The summed E-state index contributed by atoms with van der Waals surface area (Å²) in [5, 5.41) is 13.4. The van der Waals surface area contributed by atoms with Crippen LogP contribution in [0.2, 0.25) is 0 Å². The molecule has 1 saturated heterocycles. The second-order valence-electron chi connectivity index (χ2n) is 5.43. The lowest BCUT2D eigenvalue weighted by atomic mass is 10.0. The molecule has 1 aliphatic heterocycles. The lowest BCUT2D eigenvalue weighted by Crippen LogP contribution is -2.32. The molecule has 1 aliphatic carbocycles. The fourth-order valence-corrected chi connectivity index (χ4v) is 2.80. The maximum Gasteiger partial charge on any atom is 0.490 e. The van der Waals surface area contributed by atoms with Gasteiger partial charge in [0.1, 0.15) is 0 Å². The maximum atomic E-state index is 11.8. The number of nitrogens with one attached hydrogen (secondary N) is 2. The SMILES string of the molecule is COCCNC(=O)C1C[C@H]2CNC[C@H]2C1.O=C(O)C(F)(F)F. The number of carboxylic acid groups (broad SMARTS) is 1. The molecule has 2 fully saturated rings. The van der Waals surface area contributed by atoms with Crippen LogP contribution in [0.25, 0.3) is 0 Å². The molecular weight excluding hydrogens is 305 g/mol. The van der Waals surface area contributed by atoms with Crippen molar-refractivity contribution in [3.05, 3.63) is 0 Å². The number of ether oxygens (including phenoxy) is 1. The Balaban J connectivity index is 0.000000295. The highest BCUT2D eigenvalue weighted by Crippen LogP contribution is 2.38. The van der Waals surface area contributed by atoms with E-state index >= 15 is 0 Å². The molecule has 0 spiro atoms. The Morgan fingerprint density at radius 2 is 1.77 bits per heavy atom. The van der Waals surface area contributed by atoms with Gasteiger partial charge < -0.3 is 20.5 Å². The fourth-order valence-electron chi connectivity index (χ4n) is 2.80. The molecule has 1 heterocycles. The quantitative estimate of drug-likeness (QED) is 0.660. The average molecular weight is 326 g/mol. The minimum absolute atomic E-state index is 0.224. The summed E-state index contributed by atoms with van der Waals surface area (Å²) in [6.07, 6.45) is -2.95. The zero-order valence-electron chi connectivity index (χ0n) is 12.3. The number of hydrogen-bond acceptors (Lipinski definition) is 4. The number of halogens is 3. The predicted molar refractivity (Wildman–Crippen MR) is 71.2 cm³/mol. The molecule has 2 aliphatic rings. The summed E-state index contributed by atoms with van der Waals surface area (Å²) in [7, 11) is 1.65. The van der Waals surface area contributed by atoms with E-state index in [0.29, 0.717) is 13.2 Å². The average Bonchev–Trinajstić information content (AvgIpc) is 2.99. The van der Waals surface area contributed by atoms with Gasteiger partial charge in [-0.25, -0.2) is 4.79 Å². The fraction of sp³-hybridized carbons (Fsp3) is 0.846. The third-order valence-corrected chi connectivity index (χ3v) is 3.87. The molecule has 2 rings (SSSR count). The van der Waals surface area contributed by atoms with Crippen LogP contribution >= 0.6 is 0 Å². The Bertz CT molecular complexity index is 378. The van der Waals surface area contributed by atoms with Gasteiger partial charge in [0, 0.05) is 19.6 Å². The molecule has 0 aromatic rings. The molecule has 1 unspecified atom stereocenters. The Kier molecular flexibility index (Phi) is 7.08. The first-order valence-electron chi connectivity index (χ1n) is 7.03. The molecule has 0 aromatic heterocycles. The number of hydrogen-bond donors (Lipinski definition) is 3. The second kappa shape index (κ2) is 8.33. The van der Waals surface area contributed by atoms with Crippen molar-refractivity contribution in [1.82, 2.24) is 10.6 Å². The summed E-state index contributed by atoms with van der Waals surface area (Å²) in [6, 6.07) is 0. The van der Waals surface area contributed by atoms with E-state index in [1.165, 1.54) is 0 Å². The van der Waals surface area contributed by atoms with Crippen LogP contribution in [-0.2, 0) is 14.3 Å². The highest BCUT2D eigenvalue weighted by Gasteiger charge is 2.40. The smallest absolute Gasteiger partial charge is 0.475 e. The number of carboxylic acids is 1. The lowest BCUT2D eigenvalue weighted by Gasteiger charge is -2.11. The van der Waals surface area contributed by atoms with E-state index in [1.807, 2.05) is 0 Å². The van der Waals surface area contributed by atoms with Gasteiger partial charge in [-0.1, -0.05) is 0 Å². The molecule has 0 bridgehead atoms. The van der Waals surface area contributed by atoms with Crippen molar-refractivity contribution in [2.75, 3.05) is 33.4 Å². The Hall–Kier alpha value is -1.35. The van der Waals surface area contributed by atoms with Crippen LogP contribution in [0, 0.1) is 17.8 Å². The minimum Gasteiger partial charge on any atom is -0.475 e. The first kappa shape index (κ1) is 18.7. The van der Waals surface area contributed by atoms with Crippen LogP contribution < -0.4 is 10.6 Å². The number of rotatable bonds is 4. The molecule has 22 heavy (non-hydrogen) atoms. The van der Waals surface area contributed by atoms with Gasteiger partial charge in [-0.15, -0.1) is 0 Å². The van der Waals surface area contributed by atoms with E-state index in [2.05, 4.69) is 10.6 Å². The number of carbonyl (C=O) groups is 2. The highest BCUT2D eigenvalue weighted by molar-refractivity contribution is 5.79. The molecule has 9 heteroatoms. The van der Waals surface area contributed by atoms with E-state index < -0.39 is 12.1 Å². The summed E-state index contributed by atoms with van der Waals surface area (Å²) < 4.78 is 36.6. The van der Waals surface area contributed by atoms with Crippen LogP contribution in [-0.4, -0.2) is 56.5 Å². The van der Waals surface area contributed by atoms with Gasteiger partial charge in [0.15, 0.2) is 0 Å². The first-order chi connectivity index (χ1) is 10.3. The van der Waals surface area contributed by atoms with Gasteiger partial charge >= 0.3 is 12.1 Å². The number of methoxy groups -OCH3 is 1. The van der Waals surface area contributed by atoms with Crippen molar-refractivity contribution in [2.24, 2.45) is 17.8 Å². The third kappa shape index (κ3) is 5.80. The molecule has 3 N–H and O–H groups in total. The standard InChI is InChI=1S/C11H20N2O2.C2HF3O2/c1-15-3-2-13-11(14)8-4-9-6-12-7-10(9)5-8;3-2(4,5)1(6)7/h8-10,12H,2-7H2,1H3,(H,13,14);(H,6,7)/t8?,9-,10+;. The van der Waals surface area contributed by atoms with Gasteiger partial charge in [0.25, 0.3) is 0 Å². The summed E-state index contributed by atoms with van der Waals surface area (Å²) in [5.41, 5.74) is 0. The highest BCUT2D eigenvalue weighted by atomic mass is 19.4. The van der Waals surface area contributed by atoms with Crippen molar-refractivity contribution in [1.29, 1.82) is 0 Å². The predicted octanol–water partition coefficient (Wildman–Crippen LogP) is 0.628. The number of alkyl halides is 3. The van der Waals surface area contributed by atoms with E-state index in [1.54, 1.807) is 7.11 Å². The monoisotopic (exact) mass is 326 g/mol.